The van der Waals surface area contributed by atoms with E-state index in [9.17, 15) is 0 Å². The van der Waals surface area contributed by atoms with Crippen LogP contribution in [0.4, 0.5) is 23.3 Å². The van der Waals surface area contributed by atoms with Crippen LogP contribution < -0.4 is 15.1 Å². The molecule has 0 unspecified atom stereocenters. The number of pyridine rings is 1. The molecule has 0 amide bonds. The van der Waals surface area contributed by atoms with Gasteiger partial charge in [0, 0.05) is 42.9 Å². The fourth-order valence-corrected chi connectivity index (χ4v) is 4.67. The smallest absolute Gasteiger partial charge is 0.229 e. The normalized spacial score (nSPS) is 18.0. The van der Waals surface area contributed by atoms with Crippen molar-refractivity contribution in [2.45, 2.75) is 71.4 Å². The molecule has 4 rings (SSSR count). The minimum absolute atomic E-state index is 0.0747. The molecule has 0 aromatic carbocycles. The van der Waals surface area contributed by atoms with Crippen molar-refractivity contribution in [2.24, 2.45) is 0 Å². The molecule has 2 aliphatic rings. The zero-order valence-electron chi connectivity index (χ0n) is 17.6. The van der Waals surface area contributed by atoms with Gasteiger partial charge in [-0.1, -0.05) is 13.8 Å². The lowest BCUT2D eigenvalue weighted by Gasteiger charge is -2.39. The summed E-state index contributed by atoms with van der Waals surface area (Å²) in [5.41, 5.74) is 2.24. The van der Waals surface area contributed by atoms with E-state index in [-0.39, 0.29) is 5.54 Å². The molecular weight excluding hydrogens is 348 g/mol. The van der Waals surface area contributed by atoms with Crippen LogP contribution in [0.5, 0.6) is 0 Å². The van der Waals surface area contributed by atoms with Crippen molar-refractivity contribution in [1.29, 1.82) is 0 Å². The maximum Gasteiger partial charge on any atom is 0.229 e. The molecule has 4 heterocycles. The van der Waals surface area contributed by atoms with Gasteiger partial charge in [0.15, 0.2) is 0 Å². The fraction of sp³-hybridized carbons (Fsp3) is 0.591. The molecule has 0 atom stereocenters. The molecule has 0 radical (unpaired) electrons. The quantitative estimate of drug-likeness (QED) is 0.794. The maximum atomic E-state index is 4.91. The molecule has 2 aliphatic heterocycles. The van der Waals surface area contributed by atoms with E-state index in [0.717, 1.165) is 49.7 Å². The molecule has 0 saturated carbocycles. The summed E-state index contributed by atoms with van der Waals surface area (Å²) in [5, 5.41) is 3.34. The highest BCUT2D eigenvalue weighted by Gasteiger charge is 2.40. The number of rotatable bonds is 6. The van der Waals surface area contributed by atoms with E-state index in [1.807, 2.05) is 12.4 Å². The number of nitrogens with zero attached hydrogens (tertiary/aromatic N) is 5. The van der Waals surface area contributed by atoms with Crippen molar-refractivity contribution in [3.05, 3.63) is 30.1 Å². The van der Waals surface area contributed by atoms with Gasteiger partial charge in [-0.25, -0.2) is 9.97 Å². The summed E-state index contributed by atoms with van der Waals surface area (Å²) in [6.07, 6.45) is 9.61. The highest BCUT2D eigenvalue weighted by Crippen LogP contribution is 2.40. The van der Waals surface area contributed by atoms with Crippen molar-refractivity contribution in [1.82, 2.24) is 15.0 Å². The first kappa shape index (κ1) is 19.0. The average molecular weight is 381 g/mol. The van der Waals surface area contributed by atoms with Crippen molar-refractivity contribution in [2.75, 3.05) is 28.2 Å². The molecule has 28 heavy (non-hydrogen) atoms. The fourth-order valence-electron chi connectivity index (χ4n) is 4.67. The summed E-state index contributed by atoms with van der Waals surface area (Å²) in [6.45, 7) is 11.3. The Bertz CT molecular complexity index is 806. The summed E-state index contributed by atoms with van der Waals surface area (Å²) in [7, 11) is 0. The van der Waals surface area contributed by atoms with Gasteiger partial charge in [0.1, 0.15) is 11.6 Å². The molecule has 6 heteroatoms. The van der Waals surface area contributed by atoms with Gasteiger partial charge in [-0.2, -0.15) is 4.98 Å². The molecule has 0 spiro atoms. The van der Waals surface area contributed by atoms with Gasteiger partial charge in [-0.15, -0.1) is 0 Å². The van der Waals surface area contributed by atoms with E-state index in [1.165, 1.54) is 18.4 Å². The summed E-state index contributed by atoms with van der Waals surface area (Å²) >= 11 is 0. The first-order valence-corrected chi connectivity index (χ1v) is 10.6. The van der Waals surface area contributed by atoms with Gasteiger partial charge in [0.25, 0.3) is 0 Å². The van der Waals surface area contributed by atoms with Crippen molar-refractivity contribution in [3.63, 3.8) is 0 Å². The molecule has 1 saturated heterocycles. The lowest BCUT2D eigenvalue weighted by Crippen LogP contribution is -2.47. The van der Waals surface area contributed by atoms with E-state index in [2.05, 4.69) is 64.9 Å². The third-order valence-electron chi connectivity index (χ3n) is 6.09. The Kier molecular flexibility index (Phi) is 5.13. The number of nitrogens with one attached hydrogen (secondary N) is 1. The summed E-state index contributed by atoms with van der Waals surface area (Å²) < 4.78 is 0. The van der Waals surface area contributed by atoms with E-state index >= 15 is 0 Å². The van der Waals surface area contributed by atoms with E-state index in [4.69, 9.17) is 4.98 Å². The Balaban J connectivity index is 1.55. The van der Waals surface area contributed by atoms with Gasteiger partial charge in [-0.05, 0) is 51.7 Å². The second-order valence-corrected chi connectivity index (χ2v) is 8.60. The van der Waals surface area contributed by atoms with E-state index in [1.54, 1.807) is 0 Å². The zero-order valence-corrected chi connectivity index (χ0v) is 17.6. The average Bonchev–Trinajstić information content (AvgIpc) is 3.30. The third-order valence-corrected chi connectivity index (χ3v) is 6.09. The van der Waals surface area contributed by atoms with Crippen molar-refractivity contribution < 1.29 is 0 Å². The van der Waals surface area contributed by atoms with Gasteiger partial charge in [0.05, 0.1) is 11.9 Å². The largest absolute Gasteiger partial charge is 0.357 e. The van der Waals surface area contributed by atoms with Crippen LogP contribution in [0.15, 0.2) is 24.5 Å². The molecule has 2 aromatic rings. The van der Waals surface area contributed by atoms with Gasteiger partial charge in [0.2, 0.25) is 5.95 Å². The van der Waals surface area contributed by atoms with Gasteiger partial charge < -0.3 is 15.1 Å². The zero-order chi connectivity index (χ0) is 19.7. The molecule has 2 aromatic heterocycles. The molecule has 1 fully saturated rings. The Morgan fingerprint density at radius 3 is 2.46 bits per heavy atom. The second kappa shape index (κ2) is 7.57. The standard InChI is InChI=1S/C22H32N6/c1-5-18(6-2)28-20-16(13-22(28,3)4)14-24-21(26-20)25-17-9-10-19(23-15-17)27-11-7-8-12-27/h9-10,14-15,18H,5-8,11-13H2,1-4H3,(H,24,25,26). The molecule has 6 nitrogen and oxygen atoms in total. The summed E-state index contributed by atoms with van der Waals surface area (Å²) in [6, 6.07) is 4.65. The predicted molar refractivity (Wildman–Crippen MR) is 116 cm³/mol. The van der Waals surface area contributed by atoms with Gasteiger partial charge in [-0.3, -0.25) is 0 Å². The highest BCUT2D eigenvalue weighted by molar-refractivity contribution is 5.61. The maximum absolute atomic E-state index is 4.91. The van der Waals surface area contributed by atoms with Crippen LogP contribution in [0.25, 0.3) is 0 Å². The lowest BCUT2D eigenvalue weighted by atomic mass is 9.97. The number of hydrogen-bond acceptors (Lipinski definition) is 6. The Labute approximate surface area is 168 Å². The third kappa shape index (κ3) is 3.52. The number of hydrogen-bond donors (Lipinski definition) is 1. The minimum Gasteiger partial charge on any atom is -0.357 e. The van der Waals surface area contributed by atoms with Crippen LogP contribution >= 0.6 is 0 Å². The molecular formula is C22H32N6. The number of anilines is 4. The van der Waals surface area contributed by atoms with Crippen LogP contribution in [0.3, 0.4) is 0 Å². The number of fused-ring (bicyclic) bond motifs is 1. The van der Waals surface area contributed by atoms with Crippen LogP contribution in [0.2, 0.25) is 0 Å². The summed E-state index contributed by atoms with van der Waals surface area (Å²) in [5.74, 6) is 2.78. The number of aromatic nitrogens is 3. The second-order valence-electron chi connectivity index (χ2n) is 8.60. The predicted octanol–water partition coefficient (Wildman–Crippen LogP) is 4.55. The first-order valence-electron chi connectivity index (χ1n) is 10.6. The highest BCUT2D eigenvalue weighted by atomic mass is 15.3. The van der Waals surface area contributed by atoms with Gasteiger partial charge >= 0.3 is 0 Å². The molecule has 0 aliphatic carbocycles. The van der Waals surface area contributed by atoms with Crippen molar-refractivity contribution >= 4 is 23.3 Å². The topological polar surface area (TPSA) is 57.2 Å². The van der Waals surface area contributed by atoms with E-state index < -0.39 is 0 Å². The van der Waals surface area contributed by atoms with Crippen LogP contribution in [-0.2, 0) is 6.42 Å². The lowest BCUT2D eigenvalue weighted by molar-refractivity contribution is 0.412. The van der Waals surface area contributed by atoms with Crippen molar-refractivity contribution in [3.8, 4) is 0 Å². The van der Waals surface area contributed by atoms with Crippen LogP contribution in [0.1, 0.15) is 58.9 Å². The minimum atomic E-state index is 0.0747. The molecule has 0 bridgehead atoms. The molecule has 1 N–H and O–H groups in total. The SMILES string of the molecule is CCC(CC)N1c2nc(Nc3ccc(N4CCCC4)nc3)ncc2CC1(C)C. The Morgan fingerprint density at radius 1 is 1.07 bits per heavy atom. The monoisotopic (exact) mass is 380 g/mol. The van der Waals surface area contributed by atoms with Crippen LogP contribution in [-0.4, -0.2) is 39.6 Å². The Morgan fingerprint density at radius 2 is 1.82 bits per heavy atom. The Hall–Kier alpha value is -2.37. The molecule has 150 valence electrons. The van der Waals surface area contributed by atoms with E-state index in [0.29, 0.717) is 12.0 Å². The van der Waals surface area contributed by atoms with Crippen LogP contribution in [0, 0.1) is 0 Å². The first-order chi connectivity index (χ1) is 13.5. The summed E-state index contributed by atoms with van der Waals surface area (Å²) in [4.78, 5) is 18.9.